The molecule has 0 spiro atoms. The molecule has 1 aromatic heterocycles. The summed E-state index contributed by atoms with van der Waals surface area (Å²) in [5, 5.41) is 3.32. The summed E-state index contributed by atoms with van der Waals surface area (Å²) in [5.74, 6) is 2.02. The average molecular weight is 349 g/mol. The van der Waals surface area contributed by atoms with E-state index in [9.17, 15) is 0 Å². The predicted molar refractivity (Wildman–Crippen MR) is 91.3 cm³/mol. The zero-order valence-electron chi connectivity index (χ0n) is 12.7. The van der Waals surface area contributed by atoms with E-state index in [0.717, 1.165) is 34.6 Å². The number of hydrogen-bond acceptors (Lipinski definition) is 3. The van der Waals surface area contributed by atoms with Gasteiger partial charge in [0.2, 0.25) is 0 Å². The Hall–Kier alpha value is -1.55. The van der Waals surface area contributed by atoms with Gasteiger partial charge in [-0.2, -0.15) is 0 Å². The second-order valence-electron chi connectivity index (χ2n) is 5.28. The fraction of sp³-hybridized carbons (Fsp3) is 0.353. The smallest absolute Gasteiger partial charge is 0.147 e. The Labute approximate surface area is 134 Å². The van der Waals surface area contributed by atoms with Gasteiger partial charge in [0, 0.05) is 17.1 Å². The highest BCUT2D eigenvalue weighted by atomic mass is 79.9. The molecular formula is C17H21BrN2O. The summed E-state index contributed by atoms with van der Waals surface area (Å²) in [6.07, 6.45) is 4.63. The van der Waals surface area contributed by atoms with Gasteiger partial charge < -0.3 is 10.1 Å². The lowest BCUT2D eigenvalue weighted by Crippen LogP contribution is -2.00. The normalized spacial score (nSPS) is 10.7. The van der Waals surface area contributed by atoms with Crippen molar-refractivity contribution in [2.45, 2.75) is 33.1 Å². The van der Waals surface area contributed by atoms with E-state index in [0.29, 0.717) is 5.92 Å². The third-order valence-electron chi connectivity index (χ3n) is 3.11. The maximum atomic E-state index is 6.02. The van der Waals surface area contributed by atoms with E-state index >= 15 is 0 Å². The summed E-state index contributed by atoms with van der Waals surface area (Å²) in [5.41, 5.74) is 2.16. The lowest BCUT2D eigenvalue weighted by atomic mass is 10.0. The SMILES string of the molecule is CCCNc1cncc(Oc2ccc(Br)cc2C(C)C)c1. The van der Waals surface area contributed by atoms with Gasteiger partial charge in [-0.3, -0.25) is 4.98 Å². The minimum atomic E-state index is 0.395. The van der Waals surface area contributed by atoms with Gasteiger partial charge in [-0.15, -0.1) is 0 Å². The van der Waals surface area contributed by atoms with Crippen molar-refractivity contribution in [1.82, 2.24) is 4.98 Å². The zero-order chi connectivity index (χ0) is 15.2. The van der Waals surface area contributed by atoms with Crippen molar-refractivity contribution in [1.29, 1.82) is 0 Å². The second-order valence-corrected chi connectivity index (χ2v) is 6.19. The highest BCUT2D eigenvalue weighted by molar-refractivity contribution is 9.10. The lowest BCUT2D eigenvalue weighted by molar-refractivity contribution is 0.471. The average Bonchev–Trinajstić information content (AvgIpc) is 2.47. The third kappa shape index (κ3) is 4.46. The van der Waals surface area contributed by atoms with Crippen LogP contribution >= 0.6 is 15.9 Å². The number of aromatic nitrogens is 1. The number of anilines is 1. The molecule has 0 atom stereocenters. The molecule has 3 nitrogen and oxygen atoms in total. The summed E-state index contributed by atoms with van der Waals surface area (Å²) in [4.78, 5) is 4.23. The number of benzene rings is 1. The first kappa shape index (κ1) is 15.8. The Bertz CT molecular complexity index is 599. The molecule has 0 unspecified atom stereocenters. The molecule has 1 heterocycles. The molecule has 4 heteroatoms. The van der Waals surface area contributed by atoms with Gasteiger partial charge in [0.15, 0.2) is 0 Å². The maximum Gasteiger partial charge on any atom is 0.147 e. The largest absolute Gasteiger partial charge is 0.455 e. The van der Waals surface area contributed by atoms with Crippen LogP contribution in [0.5, 0.6) is 11.5 Å². The van der Waals surface area contributed by atoms with Gasteiger partial charge in [0.05, 0.1) is 18.1 Å². The molecule has 112 valence electrons. The van der Waals surface area contributed by atoms with E-state index in [1.807, 2.05) is 24.4 Å². The Kier molecular flexibility index (Phi) is 5.62. The van der Waals surface area contributed by atoms with Crippen LogP contribution < -0.4 is 10.1 Å². The van der Waals surface area contributed by atoms with Crippen LogP contribution in [0, 0.1) is 0 Å². The molecule has 0 aliphatic rings. The number of pyridine rings is 1. The van der Waals surface area contributed by atoms with Crippen LogP contribution in [0.2, 0.25) is 0 Å². The first-order chi connectivity index (χ1) is 10.1. The molecule has 2 aromatic rings. The van der Waals surface area contributed by atoms with Crippen molar-refractivity contribution in [3.8, 4) is 11.5 Å². The summed E-state index contributed by atoms with van der Waals surface area (Å²) >= 11 is 3.51. The highest BCUT2D eigenvalue weighted by Crippen LogP contribution is 2.33. The van der Waals surface area contributed by atoms with Gasteiger partial charge in [-0.1, -0.05) is 36.7 Å². The number of nitrogens with one attached hydrogen (secondary N) is 1. The quantitative estimate of drug-likeness (QED) is 0.739. The van der Waals surface area contributed by atoms with Gasteiger partial charge in [-0.05, 0) is 36.1 Å². The summed E-state index contributed by atoms with van der Waals surface area (Å²) < 4.78 is 7.09. The van der Waals surface area contributed by atoms with E-state index in [-0.39, 0.29) is 0 Å². The molecule has 0 aliphatic carbocycles. The first-order valence-electron chi connectivity index (χ1n) is 7.26. The maximum absolute atomic E-state index is 6.02. The van der Waals surface area contributed by atoms with Crippen LogP contribution in [0.15, 0.2) is 41.1 Å². The Morgan fingerprint density at radius 2 is 2.05 bits per heavy atom. The first-order valence-corrected chi connectivity index (χ1v) is 8.05. The van der Waals surface area contributed by atoms with Crippen LogP contribution in [0.4, 0.5) is 5.69 Å². The van der Waals surface area contributed by atoms with E-state index in [4.69, 9.17) is 4.74 Å². The zero-order valence-corrected chi connectivity index (χ0v) is 14.3. The number of rotatable bonds is 6. The van der Waals surface area contributed by atoms with E-state index in [1.54, 1.807) is 6.20 Å². The van der Waals surface area contributed by atoms with Crippen LogP contribution in [0.1, 0.15) is 38.7 Å². The van der Waals surface area contributed by atoms with Crippen molar-refractivity contribution >= 4 is 21.6 Å². The van der Waals surface area contributed by atoms with Crippen molar-refractivity contribution in [2.24, 2.45) is 0 Å². The summed E-state index contributed by atoms with van der Waals surface area (Å²) in [6.45, 7) is 7.39. The highest BCUT2D eigenvalue weighted by Gasteiger charge is 2.10. The fourth-order valence-corrected chi connectivity index (χ4v) is 2.41. The Morgan fingerprint density at radius 3 is 2.76 bits per heavy atom. The molecular weight excluding hydrogens is 328 g/mol. The predicted octanol–water partition coefficient (Wildman–Crippen LogP) is 5.58. The summed E-state index contributed by atoms with van der Waals surface area (Å²) in [7, 11) is 0. The number of ether oxygens (including phenoxy) is 1. The minimum Gasteiger partial charge on any atom is -0.455 e. The van der Waals surface area contributed by atoms with Crippen molar-refractivity contribution in [3.05, 3.63) is 46.7 Å². The van der Waals surface area contributed by atoms with Gasteiger partial charge in [0.1, 0.15) is 11.5 Å². The number of nitrogens with zero attached hydrogens (tertiary/aromatic N) is 1. The van der Waals surface area contributed by atoms with Crippen molar-refractivity contribution in [3.63, 3.8) is 0 Å². The molecule has 21 heavy (non-hydrogen) atoms. The molecule has 1 aromatic carbocycles. The van der Waals surface area contributed by atoms with Crippen LogP contribution in [-0.2, 0) is 0 Å². The Balaban J connectivity index is 2.22. The molecule has 0 fully saturated rings. The minimum absolute atomic E-state index is 0.395. The van der Waals surface area contributed by atoms with Crippen molar-refractivity contribution in [2.75, 3.05) is 11.9 Å². The third-order valence-corrected chi connectivity index (χ3v) is 3.61. The molecule has 0 saturated heterocycles. The standard InChI is InChI=1S/C17H21BrN2O/c1-4-7-20-14-9-15(11-19-10-14)21-17-6-5-13(18)8-16(17)12(2)3/h5-6,8-12,20H,4,7H2,1-3H3. The fourth-order valence-electron chi connectivity index (χ4n) is 2.03. The summed E-state index contributed by atoms with van der Waals surface area (Å²) in [6, 6.07) is 8.07. The second kappa shape index (κ2) is 7.46. The molecule has 2 rings (SSSR count). The number of halogens is 1. The van der Waals surface area contributed by atoms with E-state index in [1.165, 1.54) is 5.56 Å². The molecule has 0 amide bonds. The van der Waals surface area contributed by atoms with Gasteiger partial charge in [-0.25, -0.2) is 0 Å². The van der Waals surface area contributed by atoms with Gasteiger partial charge in [0.25, 0.3) is 0 Å². The van der Waals surface area contributed by atoms with E-state index < -0.39 is 0 Å². The van der Waals surface area contributed by atoms with Gasteiger partial charge >= 0.3 is 0 Å². The molecule has 0 aliphatic heterocycles. The molecule has 0 saturated carbocycles. The monoisotopic (exact) mass is 348 g/mol. The van der Waals surface area contributed by atoms with E-state index in [2.05, 4.69) is 53.1 Å². The molecule has 0 bridgehead atoms. The van der Waals surface area contributed by atoms with Crippen molar-refractivity contribution < 1.29 is 4.74 Å². The molecule has 1 N–H and O–H groups in total. The van der Waals surface area contributed by atoms with Crippen LogP contribution in [-0.4, -0.2) is 11.5 Å². The number of hydrogen-bond donors (Lipinski definition) is 1. The van der Waals surface area contributed by atoms with Crippen LogP contribution in [0.25, 0.3) is 0 Å². The van der Waals surface area contributed by atoms with Crippen LogP contribution in [0.3, 0.4) is 0 Å². The Morgan fingerprint density at radius 1 is 1.24 bits per heavy atom. The lowest BCUT2D eigenvalue weighted by Gasteiger charge is -2.14. The topological polar surface area (TPSA) is 34.2 Å². The molecule has 0 radical (unpaired) electrons.